The van der Waals surface area contributed by atoms with Gasteiger partial charge in [-0.05, 0) is 12.1 Å². The molecular weight excluding hydrogens is 170 g/mol. The van der Waals surface area contributed by atoms with Gasteiger partial charge >= 0.3 is 5.97 Å². The number of carboxylic acid groups (broad SMARTS) is 1. The average Bonchev–Trinajstić information content (AvgIpc) is 2.03. The Morgan fingerprint density at radius 2 is 2.38 bits per heavy atom. The molecule has 0 saturated heterocycles. The molecule has 0 aliphatic heterocycles. The number of carbonyl (C=O) groups is 1. The van der Waals surface area contributed by atoms with Gasteiger partial charge in [0, 0.05) is 6.20 Å². The van der Waals surface area contributed by atoms with Gasteiger partial charge in [0.05, 0.1) is 23.8 Å². The summed E-state index contributed by atoms with van der Waals surface area (Å²) in [6.07, 6.45) is 1.37. The monoisotopic (exact) mass is 181 g/mol. The molecule has 0 spiro atoms. The van der Waals surface area contributed by atoms with Crippen LogP contribution in [0.5, 0.6) is 0 Å². The molecule has 1 aromatic rings. The van der Waals surface area contributed by atoms with Crippen molar-refractivity contribution in [2.45, 2.75) is 12.5 Å². The number of hydrogen-bond donors (Lipinski definition) is 3. The van der Waals surface area contributed by atoms with Crippen molar-refractivity contribution >= 4 is 11.7 Å². The van der Waals surface area contributed by atoms with Gasteiger partial charge in [-0.25, -0.2) is 0 Å². The highest BCUT2D eigenvalue weighted by atomic mass is 16.4. The molecule has 0 bridgehead atoms. The molecule has 1 atom stereocenters. The number of carboxylic acids is 1. The number of nitrogens with two attached hydrogens (primary N) is 2. The number of aromatic nitrogens is 1. The summed E-state index contributed by atoms with van der Waals surface area (Å²) < 4.78 is 0. The third-order valence-electron chi connectivity index (χ3n) is 1.62. The normalized spacial score (nSPS) is 12.4. The summed E-state index contributed by atoms with van der Waals surface area (Å²) in [6.45, 7) is 0. The number of pyridine rings is 1. The van der Waals surface area contributed by atoms with Crippen LogP contribution in [0.4, 0.5) is 5.69 Å². The average molecular weight is 181 g/mol. The predicted molar refractivity (Wildman–Crippen MR) is 47.8 cm³/mol. The van der Waals surface area contributed by atoms with Crippen molar-refractivity contribution in [3.8, 4) is 0 Å². The molecule has 1 aromatic heterocycles. The van der Waals surface area contributed by atoms with Gasteiger partial charge in [0.2, 0.25) is 0 Å². The van der Waals surface area contributed by atoms with E-state index in [2.05, 4.69) is 4.98 Å². The number of rotatable bonds is 3. The van der Waals surface area contributed by atoms with E-state index >= 15 is 0 Å². The molecule has 13 heavy (non-hydrogen) atoms. The maximum atomic E-state index is 10.3. The second-order valence-electron chi connectivity index (χ2n) is 2.68. The first-order valence-electron chi connectivity index (χ1n) is 3.79. The van der Waals surface area contributed by atoms with Crippen molar-refractivity contribution in [3.05, 3.63) is 24.0 Å². The van der Waals surface area contributed by atoms with E-state index in [0.717, 1.165) is 0 Å². The minimum atomic E-state index is -0.961. The van der Waals surface area contributed by atoms with Crippen LogP contribution in [-0.4, -0.2) is 16.1 Å². The number of nitrogens with zero attached hydrogens (tertiary/aromatic N) is 1. The molecule has 70 valence electrons. The SMILES string of the molecule is Nc1cccnc1[C@@H](N)CC(=O)O. The highest BCUT2D eigenvalue weighted by Gasteiger charge is 2.13. The topological polar surface area (TPSA) is 102 Å². The van der Waals surface area contributed by atoms with Crippen LogP contribution >= 0.6 is 0 Å². The number of aliphatic carboxylic acids is 1. The van der Waals surface area contributed by atoms with Crippen LogP contribution in [0.25, 0.3) is 0 Å². The van der Waals surface area contributed by atoms with Gasteiger partial charge in [0.15, 0.2) is 0 Å². The first kappa shape index (κ1) is 9.47. The van der Waals surface area contributed by atoms with Crippen molar-refractivity contribution < 1.29 is 9.90 Å². The molecule has 5 nitrogen and oxygen atoms in total. The highest BCUT2D eigenvalue weighted by molar-refractivity contribution is 5.68. The van der Waals surface area contributed by atoms with Gasteiger partial charge in [0.1, 0.15) is 0 Å². The minimum Gasteiger partial charge on any atom is -0.481 e. The van der Waals surface area contributed by atoms with E-state index in [1.807, 2.05) is 0 Å². The van der Waals surface area contributed by atoms with Crippen LogP contribution in [0.2, 0.25) is 0 Å². The minimum absolute atomic E-state index is 0.165. The van der Waals surface area contributed by atoms with Gasteiger partial charge < -0.3 is 16.6 Å². The zero-order chi connectivity index (χ0) is 9.84. The molecule has 0 aliphatic carbocycles. The summed E-state index contributed by atoms with van der Waals surface area (Å²) in [5.41, 5.74) is 12.0. The standard InChI is InChI=1S/C8H11N3O2/c9-5-2-1-3-11-8(5)6(10)4-7(12)13/h1-3,6H,4,9-10H2,(H,12,13)/t6-/m0/s1. The van der Waals surface area contributed by atoms with Crippen molar-refractivity contribution in [1.29, 1.82) is 0 Å². The van der Waals surface area contributed by atoms with Crippen LogP contribution < -0.4 is 11.5 Å². The molecule has 5 N–H and O–H groups in total. The van der Waals surface area contributed by atoms with Crippen molar-refractivity contribution in [3.63, 3.8) is 0 Å². The highest BCUT2D eigenvalue weighted by Crippen LogP contribution is 2.17. The lowest BCUT2D eigenvalue weighted by Gasteiger charge is -2.09. The van der Waals surface area contributed by atoms with Crippen LogP contribution in [-0.2, 0) is 4.79 Å². The van der Waals surface area contributed by atoms with Crippen LogP contribution in [0.3, 0.4) is 0 Å². The Hall–Kier alpha value is -1.62. The molecule has 5 heteroatoms. The van der Waals surface area contributed by atoms with E-state index in [4.69, 9.17) is 16.6 Å². The summed E-state index contributed by atoms with van der Waals surface area (Å²) in [5.74, 6) is -0.961. The quantitative estimate of drug-likeness (QED) is 0.615. The zero-order valence-electron chi connectivity index (χ0n) is 6.97. The van der Waals surface area contributed by atoms with Gasteiger partial charge in [-0.15, -0.1) is 0 Å². The largest absolute Gasteiger partial charge is 0.481 e. The Morgan fingerprint density at radius 3 is 2.92 bits per heavy atom. The molecule has 0 fully saturated rings. The van der Waals surface area contributed by atoms with Crippen molar-refractivity contribution in [1.82, 2.24) is 4.98 Å². The molecule has 0 aromatic carbocycles. The maximum absolute atomic E-state index is 10.3. The van der Waals surface area contributed by atoms with Gasteiger partial charge in [0.25, 0.3) is 0 Å². The first-order chi connectivity index (χ1) is 6.11. The van der Waals surface area contributed by atoms with E-state index in [-0.39, 0.29) is 6.42 Å². The third-order valence-corrected chi connectivity index (χ3v) is 1.62. The second kappa shape index (κ2) is 3.86. The number of nitrogen functional groups attached to an aromatic ring is 1. The second-order valence-corrected chi connectivity index (χ2v) is 2.68. The Bertz CT molecular complexity index is 314. The molecule has 0 aliphatic rings. The van der Waals surface area contributed by atoms with Gasteiger partial charge in [-0.1, -0.05) is 0 Å². The van der Waals surface area contributed by atoms with E-state index < -0.39 is 12.0 Å². The van der Waals surface area contributed by atoms with E-state index in [0.29, 0.717) is 11.4 Å². The van der Waals surface area contributed by atoms with Crippen molar-refractivity contribution in [2.24, 2.45) is 5.73 Å². The Balaban J connectivity index is 2.82. The smallest absolute Gasteiger partial charge is 0.305 e. The fourth-order valence-corrected chi connectivity index (χ4v) is 1.02. The van der Waals surface area contributed by atoms with E-state index in [9.17, 15) is 4.79 Å². The summed E-state index contributed by atoms with van der Waals surface area (Å²) in [5, 5.41) is 8.49. The van der Waals surface area contributed by atoms with Gasteiger partial charge in [-0.2, -0.15) is 0 Å². The number of hydrogen-bond acceptors (Lipinski definition) is 4. The molecule has 1 heterocycles. The lowest BCUT2D eigenvalue weighted by Crippen LogP contribution is -2.17. The molecule has 0 amide bonds. The zero-order valence-corrected chi connectivity index (χ0v) is 6.97. The molecule has 1 rings (SSSR count). The fraction of sp³-hybridized carbons (Fsp3) is 0.250. The Kier molecular flexibility index (Phi) is 2.81. The van der Waals surface area contributed by atoms with E-state index in [1.165, 1.54) is 6.20 Å². The molecule has 0 radical (unpaired) electrons. The lowest BCUT2D eigenvalue weighted by atomic mass is 10.1. The predicted octanol–water partition coefficient (Wildman–Crippen LogP) is 0.138. The summed E-state index contributed by atoms with van der Waals surface area (Å²) in [4.78, 5) is 14.3. The number of anilines is 1. The summed E-state index contributed by atoms with van der Waals surface area (Å²) >= 11 is 0. The van der Waals surface area contributed by atoms with Crippen LogP contribution in [0.1, 0.15) is 18.2 Å². The third kappa shape index (κ3) is 2.41. The molecule has 0 unspecified atom stereocenters. The Labute approximate surface area is 75.4 Å². The van der Waals surface area contributed by atoms with Crippen molar-refractivity contribution in [2.75, 3.05) is 5.73 Å². The maximum Gasteiger partial charge on any atom is 0.305 e. The lowest BCUT2D eigenvalue weighted by molar-refractivity contribution is -0.137. The molecular formula is C8H11N3O2. The summed E-state index contributed by atoms with van der Waals surface area (Å²) in [7, 11) is 0. The summed E-state index contributed by atoms with van der Waals surface area (Å²) in [6, 6.07) is 2.68. The fourth-order valence-electron chi connectivity index (χ4n) is 1.02. The van der Waals surface area contributed by atoms with Crippen LogP contribution in [0.15, 0.2) is 18.3 Å². The van der Waals surface area contributed by atoms with Gasteiger partial charge in [-0.3, -0.25) is 9.78 Å². The van der Waals surface area contributed by atoms with Crippen LogP contribution in [0, 0.1) is 0 Å². The first-order valence-corrected chi connectivity index (χ1v) is 3.79. The van der Waals surface area contributed by atoms with E-state index in [1.54, 1.807) is 12.1 Å². The molecule has 0 saturated carbocycles. The Morgan fingerprint density at radius 1 is 1.69 bits per heavy atom.